The van der Waals surface area contributed by atoms with Crippen molar-refractivity contribution >= 4 is 17.8 Å². The molecule has 1 aromatic carbocycles. The van der Waals surface area contributed by atoms with E-state index in [2.05, 4.69) is 5.32 Å². The van der Waals surface area contributed by atoms with Crippen molar-refractivity contribution in [3.05, 3.63) is 35.9 Å². The SMILES string of the molecule is CC(C)CC(=O)N[C@@H](CC(=O)OCc1ccccc1)C(=O)O. The first-order valence-corrected chi connectivity index (χ1v) is 7.10. The summed E-state index contributed by atoms with van der Waals surface area (Å²) in [5, 5.41) is 11.4. The minimum atomic E-state index is -1.27. The molecular formula is C16H21NO5. The molecule has 1 rings (SSSR count). The molecule has 0 bridgehead atoms. The third-order valence-corrected chi connectivity index (χ3v) is 2.84. The second kappa shape index (κ2) is 8.81. The molecule has 2 N–H and O–H groups in total. The summed E-state index contributed by atoms with van der Waals surface area (Å²) in [6.45, 7) is 3.78. The number of hydrogen-bond acceptors (Lipinski definition) is 4. The number of carbonyl (C=O) groups is 3. The maximum atomic E-state index is 11.7. The van der Waals surface area contributed by atoms with Crippen LogP contribution >= 0.6 is 0 Å². The lowest BCUT2D eigenvalue weighted by atomic mass is 10.1. The van der Waals surface area contributed by atoms with E-state index < -0.39 is 30.3 Å². The number of aliphatic carboxylic acids is 1. The summed E-state index contributed by atoms with van der Waals surface area (Å²) in [5.41, 5.74) is 0.812. The van der Waals surface area contributed by atoms with Gasteiger partial charge in [0.25, 0.3) is 0 Å². The summed E-state index contributed by atoms with van der Waals surface area (Å²) in [4.78, 5) is 34.4. The molecule has 0 aliphatic carbocycles. The van der Waals surface area contributed by atoms with Crippen LogP contribution in [-0.2, 0) is 25.7 Å². The van der Waals surface area contributed by atoms with Crippen LogP contribution in [0.3, 0.4) is 0 Å². The van der Waals surface area contributed by atoms with Crippen LogP contribution < -0.4 is 5.32 Å². The lowest BCUT2D eigenvalue weighted by Crippen LogP contribution is -2.42. The molecule has 6 heteroatoms. The van der Waals surface area contributed by atoms with E-state index >= 15 is 0 Å². The van der Waals surface area contributed by atoms with Crippen molar-refractivity contribution in [1.82, 2.24) is 5.32 Å². The van der Waals surface area contributed by atoms with Gasteiger partial charge in [0.05, 0.1) is 6.42 Å². The Morgan fingerprint density at radius 1 is 1.14 bits per heavy atom. The number of benzene rings is 1. The summed E-state index contributed by atoms with van der Waals surface area (Å²) in [6, 6.07) is 7.80. The van der Waals surface area contributed by atoms with Gasteiger partial charge in [-0.1, -0.05) is 44.2 Å². The average molecular weight is 307 g/mol. The van der Waals surface area contributed by atoms with Crippen molar-refractivity contribution in [3.63, 3.8) is 0 Å². The highest BCUT2D eigenvalue weighted by Crippen LogP contribution is 2.05. The molecule has 120 valence electrons. The van der Waals surface area contributed by atoms with E-state index in [9.17, 15) is 14.4 Å². The molecule has 1 amide bonds. The molecule has 0 saturated heterocycles. The number of esters is 1. The Bertz CT molecular complexity index is 513. The normalized spacial score (nSPS) is 11.8. The molecule has 0 aliphatic heterocycles. The summed E-state index contributed by atoms with van der Waals surface area (Å²) in [7, 11) is 0. The first-order valence-electron chi connectivity index (χ1n) is 7.10. The summed E-state index contributed by atoms with van der Waals surface area (Å²) in [5.74, 6) is -2.20. The van der Waals surface area contributed by atoms with Crippen molar-refractivity contribution in [2.45, 2.75) is 39.3 Å². The molecule has 0 unspecified atom stereocenters. The monoisotopic (exact) mass is 307 g/mol. The predicted octanol–water partition coefficient (Wildman–Crippen LogP) is 1.74. The highest BCUT2D eigenvalue weighted by Gasteiger charge is 2.24. The number of amides is 1. The molecule has 0 fully saturated rings. The largest absolute Gasteiger partial charge is 0.480 e. The Kier molecular flexibility index (Phi) is 7.08. The fourth-order valence-corrected chi connectivity index (χ4v) is 1.79. The van der Waals surface area contributed by atoms with Gasteiger partial charge in [0.15, 0.2) is 0 Å². The van der Waals surface area contributed by atoms with Gasteiger partial charge in [-0.05, 0) is 11.5 Å². The number of ether oxygens (including phenoxy) is 1. The minimum absolute atomic E-state index is 0.0754. The van der Waals surface area contributed by atoms with E-state index in [0.29, 0.717) is 0 Å². The van der Waals surface area contributed by atoms with Gasteiger partial charge in [-0.2, -0.15) is 0 Å². The second-order valence-corrected chi connectivity index (χ2v) is 5.41. The van der Waals surface area contributed by atoms with E-state index in [1.54, 1.807) is 12.1 Å². The van der Waals surface area contributed by atoms with E-state index in [4.69, 9.17) is 9.84 Å². The zero-order valence-electron chi connectivity index (χ0n) is 12.7. The fourth-order valence-electron chi connectivity index (χ4n) is 1.79. The highest BCUT2D eigenvalue weighted by atomic mass is 16.5. The van der Waals surface area contributed by atoms with E-state index in [1.807, 2.05) is 32.0 Å². The van der Waals surface area contributed by atoms with Crippen molar-refractivity contribution < 1.29 is 24.2 Å². The van der Waals surface area contributed by atoms with Crippen molar-refractivity contribution in [1.29, 1.82) is 0 Å². The summed E-state index contributed by atoms with van der Waals surface area (Å²) in [6.07, 6.45) is -0.186. The zero-order valence-corrected chi connectivity index (χ0v) is 12.7. The maximum Gasteiger partial charge on any atom is 0.326 e. The average Bonchev–Trinajstić information content (AvgIpc) is 2.44. The van der Waals surface area contributed by atoms with Crippen LogP contribution in [0.1, 0.15) is 32.3 Å². The van der Waals surface area contributed by atoms with Gasteiger partial charge in [0.1, 0.15) is 12.6 Å². The number of hydrogen-bond donors (Lipinski definition) is 2. The standard InChI is InChI=1S/C16H21NO5/c1-11(2)8-14(18)17-13(16(20)21)9-15(19)22-10-12-6-4-3-5-7-12/h3-7,11,13H,8-10H2,1-2H3,(H,17,18)(H,20,21)/t13-/m0/s1. The number of carbonyl (C=O) groups excluding carboxylic acids is 2. The maximum absolute atomic E-state index is 11.7. The lowest BCUT2D eigenvalue weighted by Gasteiger charge is -2.15. The Hall–Kier alpha value is -2.37. The molecule has 0 saturated carbocycles. The van der Waals surface area contributed by atoms with Crippen LogP contribution in [0.15, 0.2) is 30.3 Å². The Labute approximate surface area is 129 Å². The van der Waals surface area contributed by atoms with Gasteiger partial charge in [-0.15, -0.1) is 0 Å². The second-order valence-electron chi connectivity index (χ2n) is 5.41. The molecule has 1 aromatic rings. The van der Waals surface area contributed by atoms with Crippen LogP contribution in [0.2, 0.25) is 0 Å². The first kappa shape index (κ1) is 17.7. The van der Waals surface area contributed by atoms with E-state index in [-0.39, 0.29) is 18.9 Å². The van der Waals surface area contributed by atoms with Gasteiger partial charge in [0.2, 0.25) is 5.91 Å². The molecule has 0 aromatic heterocycles. The van der Waals surface area contributed by atoms with E-state index in [0.717, 1.165) is 5.56 Å². The molecule has 1 atom stereocenters. The Morgan fingerprint density at radius 2 is 1.77 bits per heavy atom. The third-order valence-electron chi connectivity index (χ3n) is 2.84. The van der Waals surface area contributed by atoms with Crippen LogP contribution in [0.5, 0.6) is 0 Å². The van der Waals surface area contributed by atoms with E-state index in [1.165, 1.54) is 0 Å². The number of carboxylic acids is 1. The first-order chi connectivity index (χ1) is 10.4. The minimum Gasteiger partial charge on any atom is -0.480 e. The summed E-state index contributed by atoms with van der Waals surface area (Å²) >= 11 is 0. The highest BCUT2D eigenvalue weighted by molar-refractivity contribution is 5.87. The Morgan fingerprint density at radius 3 is 2.32 bits per heavy atom. The van der Waals surface area contributed by atoms with Crippen LogP contribution in [0, 0.1) is 5.92 Å². The lowest BCUT2D eigenvalue weighted by molar-refractivity contribution is -0.151. The number of rotatable bonds is 8. The molecule has 0 heterocycles. The van der Waals surface area contributed by atoms with Gasteiger partial charge in [-0.3, -0.25) is 9.59 Å². The molecule has 0 radical (unpaired) electrons. The Balaban J connectivity index is 2.47. The third kappa shape index (κ3) is 6.88. The fraction of sp³-hybridized carbons (Fsp3) is 0.438. The molecular weight excluding hydrogens is 286 g/mol. The van der Waals surface area contributed by atoms with Crippen LogP contribution in [-0.4, -0.2) is 29.0 Å². The van der Waals surface area contributed by atoms with Gasteiger partial charge < -0.3 is 15.2 Å². The van der Waals surface area contributed by atoms with Gasteiger partial charge >= 0.3 is 11.9 Å². The van der Waals surface area contributed by atoms with Crippen LogP contribution in [0.4, 0.5) is 0 Å². The van der Waals surface area contributed by atoms with Crippen LogP contribution in [0.25, 0.3) is 0 Å². The van der Waals surface area contributed by atoms with Crippen molar-refractivity contribution in [3.8, 4) is 0 Å². The molecule has 0 aliphatic rings. The smallest absolute Gasteiger partial charge is 0.326 e. The number of nitrogens with one attached hydrogen (secondary N) is 1. The predicted molar refractivity (Wildman–Crippen MR) is 79.9 cm³/mol. The molecule has 22 heavy (non-hydrogen) atoms. The topological polar surface area (TPSA) is 92.7 Å². The summed E-state index contributed by atoms with van der Waals surface area (Å²) < 4.78 is 5.02. The number of carboxylic acid groups (broad SMARTS) is 1. The zero-order chi connectivity index (χ0) is 16.5. The van der Waals surface area contributed by atoms with Crippen molar-refractivity contribution in [2.24, 2.45) is 5.92 Å². The van der Waals surface area contributed by atoms with Crippen molar-refractivity contribution in [2.75, 3.05) is 0 Å². The van der Waals surface area contributed by atoms with Gasteiger partial charge in [0, 0.05) is 6.42 Å². The molecule has 6 nitrogen and oxygen atoms in total. The van der Waals surface area contributed by atoms with Gasteiger partial charge in [-0.25, -0.2) is 4.79 Å². The quantitative estimate of drug-likeness (QED) is 0.714. The molecule has 0 spiro atoms.